The van der Waals surface area contributed by atoms with Crippen LogP contribution < -0.4 is 4.74 Å². The van der Waals surface area contributed by atoms with Crippen LogP contribution in [0.1, 0.15) is 0 Å². The molecule has 0 bridgehead atoms. The highest BCUT2D eigenvalue weighted by Gasteiger charge is 2.10. The number of tetrazole rings is 1. The second kappa shape index (κ2) is 4.35. The summed E-state index contributed by atoms with van der Waals surface area (Å²) in [6, 6.07) is 5.06. The summed E-state index contributed by atoms with van der Waals surface area (Å²) in [5.74, 6) is 0.163. The van der Waals surface area contributed by atoms with Crippen molar-refractivity contribution < 1.29 is 14.5 Å². The van der Waals surface area contributed by atoms with Gasteiger partial charge in [-0.3, -0.25) is 10.1 Å². The van der Waals surface area contributed by atoms with Gasteiger partial charge in [0.25, 0.3) is 5.69 Å². The van der Waals surface area contributed by atoms with E-state index in [0.29, 0.717) is 0 Å². The maximum absolute atomic E-state index is 11.4. The number of rotatable bonds is 2. The zero-order valence-electron chi connectivity index (χ0n) is 8.26. The molecule has 1 aromatic heterocycles. The van der Waals surface area contributed by atoms with Crippen LogP contribution in [0.5, 0.6) is 5.75 Å². The lowest BCUT2D eigenvalue weighted by atomic mass is 10.3. The molecular formula is C8H5N5O4. The van der Waals surface area contributed by atoms with E-state index in [4.69, 9.17) is 4.74 Å². The first kappa shape index (κ1) is 10.7. The Bertz CT molecular complexity index is 536. The third kappa shape index (κ3) is 2.40. The molecule has 0 fully saturated rings. The number of nitrogens with zero attached hydrogens (tertiary/aromatic N) is 5. The van der Waals surface area contributed by atoms with Gasteiger partial charge in [-0.05, 0) is 22.6 Å². The molecule has 0 atom stereocenters. The molecule has 86 valence electrons. The van der Waals surface area contributed by atoms with Gasteiger partial charge in [0.2, 0.25) is 0 Å². The fourth-order valence-electron chi connectivity index (χ4n) is 1.03. The molecule has 0 saturated heterocycles. The minimum Gasteiger partial charge on any atom is -0.409 e. The highest BCUT2D eigenvalue weighted by atomic mass is 16.6. The van der Waals surface area contributed by atoms with Crippen LogP contribution in [-0.4, -0.2) is 31.2 Å². The van der Waals surface area contributed by atoms with E-state index in [0.717, 1.165) is 11.0 Å². The van der Waals surface area contributed by atoms with Crippen LogP contribution in [0, 0.1) is 10.1 Å². The maximum atomic E-state index is 11.4. The van der Waals surface area contributed by atoms with Gasteiger partial charge in [-0.2, -0.15) is 0 Å². The summed E-state index contributed by atoms with van der Waals surface area (Å²) in [4.78, 5) is 21.2. The van der Waals surface area contributed by atoms with Crippen LogP contribution in [0.25, 0.3) is 0 Å². The third-order valence-electron chi connectivity index (χ3n) is 1.79. The van der Waals surface area contributed by atoms with Gasteiger partial charge in [-0.25, -0.2) is 4.79 Å². The second-order valence-electron chi connectivity index (χ2n) is 2.87. The van der Waals surface area contributed by atoms with Gasteiger partial charge >= 0.3 is 6.09 Å². The normalized spacial score (nSPS) is 9.88. The average Bonchev–Trinajstić information content (AvgIpc) is 2.83. The van der Waals surface area contributed by atoms with Crippen LogP contribution in [-0.2, 0) is 0 Å². The van der Waals surface area contributed by atoms with Crippen LogP contribution in [0.2, 0.25) is 0 Å². The molecule has 9 heteroatoms. The minimum atomic E-state index is -0.802. The Morgan fingerprint density at radius 3 is 2.59 bits per heavy atom. The Morgan fingerprint density at radius 1 is 1.35 bits per heavy atom. The molecule has 0 N–H and O–H groups in total. The first-order valence-electron chi connectivity index (χ1n) is 4.36. The monoisotopic (exact) mass is 235 g/mol. The molecule has 0 aliphatic carbocycles. The van der Waals surface area contributed by atoms with Crippen molar-refractivity contribution in [2.45, 2.75) is 0 Å². The topological polar surface area (TPSA) is 113 Å². The standard InChI is InChI=1S/C8H5N5O4/c14-8(12-5-9-10-11-12)17-7-3-1-6(2-4-7)13(15)16/h1-5H. The molecule has 17 heavy (non-hydrogen) atoms. The lowest BCUT2D eigenvalue weighted by molar-refractivity contribution is -0.384. The summed E-state index contributed by atoms with van der Waals surface area (Å²) < 4.78 is 5.65. The SMILES string of the molecule is O=C(Oc1ccc([N+](=O)[O-])cc1)n1cnnn1. The van der Waals surface area contributed by atoms with E-state index in [9.17, 15) is 14.9 Å². The number of benzene rings is 1. The number of non-ortho nitro benzene ring substituents is 1. The quantitative estimate of drug-likeness (QED) is 0.426. The predicted octanol–water partition coefficient (Wildman–Crippen LogP) is 0.628. The van der Waals surface area contributed by atoms with Crippen molar-refractivity contribution in [3.63, 3.8) is 0 Å². The summed E-state index contributed by atoms with van der Waals surface area (Å²) in [6.45, 7) is 0. The van der Waals surface area contributed by atoms with Crippen molar-refractivity contribution in [3.05, 3.63) is 40.7 Å². The summed E-state index contributed by atoms with van der Waals surface area (Å²) in [6.07, 6.45) is 0.275. The van der Waals surface area contributed by atoms with Crippen molar-refractivity contribution in [2.75, 3.05) is 0 Å². The predicted molar refractivity (Wildman–Crippen MR) is 52.3 cm³/mol. The molecule has 0 radical (unpaired) electrons. The fraction of sp³-hybridized carbons (Fsp3) is 0. The molecule has 0 unspecified atom stereocenters. The average molecular weight is 235 g/mol. The van der Waals surface area contributed by atoms with Crippen LogP contribution in [0.15, 0.2) is 30.6 Å². The lowest BCUT2D eigenvalue weighted by Gasteiger charge is -2.01. The minimum absolute atomic E-state index is 0.0905. The van der Waals surface area contributed by atoms with Gasteiger partial charge < -0.3 is 4.74 Å². The summed E-state index contributed by atoms with van der Waals surface area (Å²) in [7, 11) is 0. The highest BCUT2D eigenvalue weighted by molar-refractivity contribution is 5.71. The molecule has 0 saturated carbocycles. The molecule has 0 aliphatic heterocycles. The van der Waals surface area contributed by atoms with Crippen LogP contribution in [0.4, 0.5) is 10.5 Å². The van der Waals surface area contributed by atoms with E-state index in [1.807, 2.05) is 0 Å². The number of carbonyl (C=O) groups is 1. The van der Waals surface area contributed by atoms with Gasteiger partial charge in [-0.15, -0.1) is 9.78 Å². The van der Waals surface area contributed by atoms with Crippen LogP contribution in [0.3, 0.4) is 0 Å². The Morgan fingerprint density at radius 2 is 2.06 bits per heavy atom. The Balaban J connectivity index is 2.09. The van der Waals surface area contributed by atoms with E-state index >= 15 is 0 Å². The van der Waals surface area contributed by atoms with Crippen molar-refractivity contribution >= 4 is 11.8 Å². The Labute approximate surface area is 93.8 Å². The molecule has 1 heterocycles. The molecule has 9 nitrogen and oxygen atoms in total. The zero-order chi connectivity index (χ0) is 12.3. The summed E-state index contributed by atoms with van der Waals surface area (Å²) >= 11 is 0. The first-order valence-corrected chi connectivity index (χ1v) is 4.36. The van der Waals surface area contributed by atoms with Gasteiger partial charge in [0.1, 0.15) is 5.75 Å². The number of hydrogen-bond donors (Lipinski definition) is 0. The van der Waals surface area contributed by atoms with Crippen LogP contribution >= 0.6 is 0 Å². The van der Waals surface area contributed by atoms with Crippen molar-refractivity contribution in [3.8, 4) is 5.75 Å². The third-order valence-corrected chi connectivity index (χ3v) is 1.79. The summed E-state index contributed by atoms with van der Waals surface area (Å²) in [5, 5.41) is 20.2. The Hall–Kier alpha value is -2.84. The number of ether oxygens (including phenoxy) is 1. The van der Waals surface area contributed by atoms with E-state index in [1.54, 1.807) is 0 Å². The first-order chi connectivity index (χ1) is 8.16. The van der Waals surface area contributed by atoms with E-state index < -0.39 is 11.0 Å². The molecule has 2 aromatic rings. The number of aromatic nitrogens is 4. The highest BCUT2D eigenvalue weighted by Crippen LogP contribution is 2.17. The van der Waals surface area contributed by atoms with E-state index in [-0.39, 0.29) is 11.4 Å². The molecule has 0 aliphatic rings. The maximum Gasteiger partial charge on any atom is 0.443 e. The number of carbonyl (C=O) groups excluding carboxylic acids is 1. The molecular weight excluding hydrogens is 230 g/mol. The summed E-state index contributed by atoms with van der Waals surface area (Å²) in [5.41, 5.74) is -0.0905. The lowest BCUT2D eigenvalue weighted by Crippen LogP contribution is -2.17. The molecule has 1 aromatic carbocycles. The number of nitro groups is 1. The molecule has 2 rings (SSSR count). The zero-order valence-corrected chi connectivity index (χ0v) is 8.26. The Kier molecular flexibility index (Phi) is 2.73. The van der Waals surface area contributed by atoms with Crippen molar-refractivity contribution in [1.29, 1.82) is 0 Å². The van der Waals surface area contributed by atoms with E-state index in [1.165, 1.54) is 24.3 Å². The molecule has 0 amide bonds. The van der Waals surface area contributed by atoms with Gasteiger partial charge in [0.05, 0.1) is 4.92 Å². The van der Waals surface area contributed by atoms with E-state index in [2.05, 4.69) is 15.5 Å². The second-order valence-corrected chi connectivity index (χ2v) is 2.87. The largest absolute Gasteiger partial charge is 0.443 e. The van der Waals surface area contributed by atoms with Crippen molar-refractivity contribution in [1.82, 2.24) is 20.2 Å². The molecule has 0 spiro atoms. The number of hydrogen-bond acceptors (Lipinski definition) is 7. The number of nitro benzene ring substituents is 1. The van der Waals surface area contributed by atoms with Crippen molar-refractivity contribution in [2.24, 2.45) is 0 Å². The van der Waals surface area contributed by atoms with Gasteiger partial charge in [0, 0.05) is 12.1 Å². The fourth-order valence-corrected chi connectivity index (χ4v) is 1.03. The van der Waals surface area contributed by atoms with Gasteiger partial charge in [-0.1, -0.05) is 0 Å². The smallest absolute Gasteiger partial charge is 0.409 e. The van der Waals surface area contributed by atoms with Gasteiger partial charge in [0.15, 0.2) is 6.33 Å².